The second-order valence-electron chi connectivity index (χ2n) is 8.04. The van der Waals surface area contributed by atoms with Crippen LogP contribution in [0, 0.1) is 17.8 Å². The molecule has 4 rings (SSSR count). The number of amides is 1. The first-order valence-corrected chi connectivity index (χ1v) is 9.87. The SMILES string of the molecule is COc1cccc(-c2ccccc2C(=O)N2C[C@@H]3CC(C)C[C@@H]3[C@H]2CN)c1. The lowest BCUT2D eigenvalue weighted by Gasteiger charge is -2.28. The van der Waals surface area contributed by atoms with E-state index in [2.05, 4.69) is 6.92 Å². The molecule has 1 unspecified atom stereocenters. The Morgan fingerprint density at radius 2 is 2.00 bits per heavy atom. The van der Waals surface area contributed by atoms with Crippen molar-refractivity contribution < 1.29 is 9.53 Å². The molecule has 4 nitrogen and oxygen atoms in total. The molecule has 0 bridgehead atoms. The molecule has 1 saturated heterocycles. The fourth-order valence-corrected chi connectivity index (χ4v) is 5.15. The maximum atomic E-state index is 13.5. The van der Waals surface area contributed by atoms with Crippen molar-refractivity contribution in [3.05, 3.63) is 54.1 Å². The molecule has 1 aliphatic heterocycles. The zero-order chi connectivity index (χ0) is 19.0. The van der Waals surface area contributed by atoms with E-state index in [4.69, 9.17) is 10.5 Å². The maximum Gasteiger partial charge on any atom is 0.254 e. The summed E-state index contributed by atoms with van der Waals surface area (Å²) in [5.74, 6) is 2.79. The monoisotopic (exact) mass is 364 g/mol. The zero-order valence-corrected chi connectivity index (χ0v) is 16.1. The highest BCUT2D eigenvalue weighted by atomic mass is 16.5. The molecular weight excluding hydrogens is 336 g/mol. The molecule has 1 heterocycles. The van der Waals surface area contributed by atoms with Crippen molar-refractivity contribution in [2.24, 2.45) is 23.5 Å². The van der Waals surface area contributed by atoms with E-state index in [1.54, 1.807) is 7.11 Å². The Kier molecular flexibility index (Phi) is 4.92. The number of nitrogens with two attached hydrogens (primary N) is 1. The van der Waals surface area contributed by atoms with Gasteiger partial charge in [-0.3, -0.25) is 4.79 Å². The first kappa shape index (κ1) is 18.1. The van der Waals surface area contributed by atoms with E-state index in [0.29, 0.717) is 18.4 Å². The van der Waals surface area contributed by atoms with Crippen LogP contribution in [0.15, 0.2) is 48.5 Å². The van der Waals surface area contributed by atoms with Gasteiger partial charge in [0.05, 0.1) is 7.11 Å². The minimum atomic E-state index is 0.103. The summed E-state index contributed by atoms with van der Waals surface area (Å²) in [6, 6.07) is 15.9. The molecule has 2 aromatic rings. The molecule has 0 aromatic heterocycles. The number of likely N-dealkylation sites (tertiary alicyclic amines) is 1. The van der Waals surface area contributed by atoms with Crippen LogP contribution in [0.4, 0.5) is 0 Å². The van der Waals surface area contributed by atoms with Crippen LogP contribution in [-0.2, 0) is 0 Å². The number of nitrogens with zero attached hydrogens (tertiary/aromatic N) is 1. The van der Waals surface area contributed by atoms with Gasteiger partial charge in [0.1, 0.15) is 5.75 Å². The smallest absolute Gasteiger partial charge is 0.254 e. The van der Waals surface area contributed by atoms with E-state index in [1.165, 1.54) is 12.8 Å². The summed E-state index contributed by atoms with van der Waals surface area (Å²) < 4.78 is 5.36. The normalized spacial score (nSPS) is 26.9. The van der Waals surface area contributed by atoms with E-state index in [9.17, 15) is 4.79 Å². The number of rotatable bonds is 4. The summed E-state index contributed by atoms with van der Waals surface area (Å²) >= 11 is 0. The molecule has 1 saturated carbocycles. The Hall–Kier alpha value is -2.33. The lowest BCUT2D eigenvalue weighted by molar-refractivity contribution is 0.0716. The number of carbonyl (C=O) groups is 1. The Labute approximate surface area is 161 Å². The second kappa shape index (κ2) is 7.35. The molecule has 4 atom stereocenters. The minimum absolute atomic E-state index is 0.103. The summed E-state index contributed by atoms with van der Waals surface area (Å²) in [5.41, 5.74) is 8.81. The van der Waals surface area contributed by atoms with E-state index in [1.807, 2.05) is 53.4 Å². The highest BCUT2D eigenvalue weighted by molar-refractivity contribution is 6.01. The van der Waals surface area contributed by atoms with E-state index in [-0.39, 0.29) is 11.9 Å². The van der Waals surface area contributed by atoms with Gasteiger partial charge in [-0.15, -0.1) is 0 Å². The summed E-state index contributed by atoms with van der Waals surface area (Å²) in [6.45, 7) is 3.69. The van der Waals surface area contributed by atoms with Crippen LogP contribution in [0.1, 0.15) is 30.1 Å². The molecule has 2 aromatic carbocycles. The van der Waals surface area contributed by atoms with Gasteiger partial charge in [0.15, 0.2) is 0 Å². The molecule has 2 fully saturated rings. The number of methoxy groups -OCH3 is 1. The van der Waals surface area contributed by atoms with Crippen LogP contribution >= 0.6 is 0 Å². The van der Waals surface area contributed by atoms with Crippen molar-refractivity contribution >= 4 is 5.91 Å². The van der Waals surface area contributed by atoms with Gasteiger partial charge in [-0.05, 0) is 59.9 Å². The first-order chi connectivity index (χ1) is 13.1. The van der Waals surface area contributed by atoms with E-state index in [0.717, 1.165) is 34.9 Å². The number of fused-ring (bicyclic) bond motifs is 1. The van der Waals surface area contributed by atoms with E-state index < -0.39 is 0 Å². The third-order valence-electron chi connectivity index (χ3n) is 6.35. The summed E-state index contributed by atoms with van der Waals surface area (Å²) in [4.78, 5) is 15.6. The Bertz CT molecular complexity index is 835. The van der Waals surface area contributed by atoms with Crippen LogP contribution in [-0.4, -0.2) is 37.0 Å². The van der Waals surface area contributed by atoms with Gasteiger partial charge in [0, 0.05) is 24.7 Å². The molecule has 2 aliphatic rings. The van der Waals surface area contributed by atoms with Crippen molar-refractivity contribution in [2.75, 3.05) is 20.2 Å². The van der Waals surface area contributed by atoms with Gasteiger partial charge in [-0.25, -0.2) is 0 Å². The Balaban J connectivity index is 1.67. The molecule has 1 aliphatic carbocycles. The van der Waals surface area contributed by atoms with Crippen LogP contribution < -0.4 is 10.5 Å². The Morgan fingerprint density at radius 1 is 1.19 bits per heavy atom. The first-order valence-electron chi connectivity index (χ1n) is 9.87. The van der Waals surface area contributed by atoms with Crippen molar-refractivity contribution in [3.63, 3.8) is 0 Å². The van der Waals surface area contributed by atoms with Crippen LogP contribution in [0.2, 0.25) is 0 Å². The number of hydrogen-bond acceptors (Lipinski definition) is 3. The lowest BCUT2D eigenvalue weighted by atomic mass is 9.93. The maximum absolute atomic E-state index is 13.5. The van der Waals surface area contributed by atoms with E-state index >= 15 is 0 Å². The summed E-state index contributed by atoms with van der Waals surface area (Å²) in [6.07, 6.45) is 2.40. The number of ether oxygens (including phenoxy) is 1. The van der Waals surface area contributed by atoms with Gasteiger partial charge in [-0.1, -0.05) is 37.3 Å². The minimum Gasteiger partial charge on any atom is -0.497 e. The van der Waals surface area contributed by atoms with Crippen molar-refractivity contribution in [1.82, 2.24) is 4.90 Å². The van der Waals surface area contributed by atoms with Gasteiger partial charge in [0.2, 0.25) is 0 Å². The quantitative estimate of drug-likeness (QED) is 0.898. The topological polar surface area (TPSA) is 55.6 Å². The predicted octanol–water partition coefficient (Wildman–Crippen LogP) is 3.81. The molecule has 27 heavy (non-hydrogen) atoms. The number of hydrogen-bond donors (Lipinski definition) is 1. The molecular formula is C23H28N2O2. The number of carbonyl (C=O) groups excluding carboxylic acids is 1. The highest BCUT2D eigenvalue weighted by Gasteiger charge is 2.47. The predicted molar refractivity (Wildman–Crippen MR) is 108 cm³/mol. The molecule has 2 N–H and O–H groups in total. The highest BCUT2D eigenvalue weighted by Crippen LogP contribution is 2.45. The largest absolute Gasteiger partial charge is 0.497 e. The molecule has 0 radical (unpaired) electrons. The molecule has 4 heteroatoms. The summed E-state index contributed by atoms with van der Waals surface area (Å²) in [7, 11) is 1.66. The van der Waals surface area contributed by atoms with Crippen molar-refractivity contribution in [3.8, 4) is 16.9 Å². The summed E-state index contributed by atoms with van der Waals surface area (Å²) in [5, 5.41) is 0. The lowest BCUT2D eigenvalue weighted by Crippen LogP contribution is -2.43. The average molecular weight is 364 g/mol. The average Bonchev–Trinajstić information content (AvgIpc) is 3.23. The third kappa shape index (κ3) is 3.23. The van der Waals surface area contributed by atoms with Crippen molar-refractivity contribution in [2.45, 2.75) is 25.8 Å². The van der Waals surface area contributed by atoms with Crippen LogP contribution in [0.25, 0.3) is 11.1 Å². The van der Waals surface area contributed by atoms with Gasteiger partial charge in [0.25, 0.3) is 5.91 Å². The van der Waals surface area contributed by atoms with Gasteiger partial charge >= 0.3 is 0 Å². The zero-order valence-electron chi connectivity index (χ0n) is 16.1. The van der Waals surface area contributed by atoms with Crippen LogP contribution in [0.3, 0.4) is 0 Å². The fourth-order valence-electron chi connectivity index (χ4n) is 5.15. The molecule has 142 valence electrons. The molecule has 0 spiro atoms. The van der Waals surface area contributed by atoms with Crippen LogP contribution in [0.5, 0.6) is 5.75 Å². The van der Waals surface area contributed by atoms with Gasteiger partial charge in [-0.2, -0.15) is 0 Å². The number of benzene rings is 2. The fraction of sp³-hybridized carbons (Fsp3) is 0.435. The Morgan fingerprint density at radius 3 is 2.78 bits per heavy atom. The molecule has 1 amide bonds. The van der Waals surface area contributed by atoms with Gasteiger partial charge < -0.3 is 15.4 Å². The van der Waals surface area contributed by atoms with Crippen molar-refractivity contribution in [1.29, 1.82) is 0 Å². The standard InChI is InChI=1S/C23H28N2O2/c1-15-10-17-14-25(22(13-24)21(17)11-15)23(26)20-9-4-3-8-19(20)16-6-5-7-18(12-16)27-2/h3-9,12,15,17,21-22H,10-11,13-14,24H2,1-2H3/t15?,17-,21-,22+/m0/s1. The third-order valence-corrected chi connectivity index (χ3v) is 6.35. The second-order valence-corrected chi connectivity index (χ2v) is 8.04.